The van der Waals surface area contributed by atoms with Gasteiger partial charge in [-0.05, 0) is 91.2 Å². The lowest BCUT2D eigenvalue weighted by molar-refractivity contribution is -0.0226. The third-order valence-electron chi connectivity index (χ3n) is 6.97. The van der Waals surface area contributed by atoms with E-state index >= 15 is 0 Å². The molecule has 2 N–H and O–H groups in total. The third-order valence-corrected chi connectivity index (χ3v) is 7.74. The van der Waals surface area contributed by atoms with Crippen molar-refractivity contribution in [2.24, 2.45) is 17.3 Å². The Morgan fingerprint density at radius 2 is 2.00 bits per heavy atom. The van der Waals surface area contributed by atoms with Crippen molar-refractivity contribution in [3.05, 3.63) is 23.3 Å². The summed E-state index contributed by atoms with van der Waals surface area (Å²) in [5.74, 6) is 2.49. The van der Waals surface area contributed by atoms with Crippen molar-refractivity contribution in [3.63, 3.8) is 0 Å². The number of fused-ring (bicyclic) bond motifs is 5. The molecule has 22 heavy (non-hydrogen) atoms. The van der Waals surface area contributed by atoms with Crippen molar-refractivity contribution in [1.82, 2.24) is 0 Å². The Morgan fingerprint density at radius 1 is 1.18 bits per heavy atom. The molecule has 3 heteroatoms. The van der Waals surface area contributed by atoms with Crippen LogP contribution in [0, 0.1) is 17.3 Å². The fourth-order valence-electron chi connectivity index (χ4n) is 5.72. The molecule has 120 valence electrons. The number of thioether (sulfide) groups is 1. The molecule has 0 spiro atoms. The first-order valence-electron chi connectivity index (χ1n) is 8.62. The predicted octanol–water partition coefficient (Wildman–Crippen LogP) is 4.33. The Kier molecular flexibility index (Phi) is 3.50. The van der Waals surface area contributed by atoms with Gasteiger partial charge in [0.15, 0.2) is 0 Å². The number of phenols is 1. The number of hydrogen-bond acceptors (Lipinski definition) is 3. The molecule has 4 rings (SSSR count). The Labute approximate surface area is 137 Å². The second-order valence-corrected chi connectivity index (χ2v) is 8.62. The highest BCUT2D eigenvalue weighted by molar-refractivity contribution is 7.98. The summed E-state index contributed by atoms with van der Waals surface area (Å²) in [6.45, 7) is 2.32. The van der Waals surface area contributed by atoms with Gasteiger partial charge in [0.1, 0.15) is 5.75 Å². The first kappa shape index (κ1) is 14.9. The van der Waals surface area contributed by atoms with Crippen LogP contribution in [-0.2, 0) is 6.42 Å². The van der Waals surface area contributed by atoms with Gasteiger partial charge in [0.05, 0.1) is 6.10 Å². The molecule has 1 aromatic rings. The van der Waals surface area contributed by atoms with Crippen LogP contribution in [-0.4, -0.2) is 22.6 Å². The molecular formula is C19H26O2S. The number of phenolic OH excluding ortho intramolecular Hbond substituents is 1. The molecule has 2 saturated carbocycles. The Bertz CT molecular complexity index is 599. The van der Waals surface area contributed by atoms with Gasteiger partial charge in [0.25, 0.3) is 0 Å². The quantitative estimate of drug-likeness (QED) is 0.757. The van der Waals surface area contributed by atoms with Crippen LogP contribution in [0.4, 0.5) is 0 Å². The summed E-state index contributed by atoms with van der Waals surface area (Å²) in [5.41, 5.74) is 3.00. The van der Waals surface area contributed by atoms with Gasteiger partial charge in [0.2, 0.25) is 0 Å². The fourth-order valence-corrected chi connectivity index (χ4v) is 6.24. The minimum atomic E-state index is -0.0959. The van der Waals surface area contributed by atoms with Gasteiger partial charge in [-0.2, -0.15) is 0 Å². The average molecular weight is 318 g/mol. The predicted molar refractivity (Wildman–Crippen MR) is 90.5 cm³/mol. The van der Waals surface area contributed by atoms with E-state index in [2.05, 4.69) is 13.0 Å². The van der Waals surface area contributed by atoms with E-state index in [0.717, 1.165) is 30.1 Å². The molecule has 0 bridgehead atoms. The maximum absolute atomic E-state index is 10.5. The van der Waals surface area contributed by atoms with E-state index in [9.17, 15) is 10.2 Å². The van der Waals surface area contributed by atoms with Crippen molar-refractivity contribution < 1.29 is 10.2 Å². The van der Waals surface area contributed by atoms with E-state index in [-0.39, 0.29) is 11.5 Å². The molecule has 3 aliphatic carbocycles. The van der Waals surface area contributed by atoms with Crippen LogP contribution < -0.4 is 0 Å². The average Bonchev–Trinajstić information content (AvgIpc) is 2.82. The number of benzene rings is 1. The number of aryl methyl sites for hydroxylation is 1. The Morgan fingerprint density at radius 3 is 2.77 bits per heavy atom. The lowest BCUT2D eigenvalue weighted by atomic mass is 9.55. The molecule has 0 radical (unpaired) electrons. The monoisotopic (exact) mass is 318 g/mol. The molecule has 0 unspecified atom stereocenters. The van der Waals surface area contributed by atoms with E-state index in [1.807, 2.05) is 12.3 Å². The van der Waals surface area contributed by atoms with Crippen LogP contribution in [0.25, 0.3) is 0 Å². The molecular weight excluding hydrogens is 292 g/mol. The zero-order valence-electron chi connectivity index (χ0n) is 13.5. The Balaban J connectivity index is 1.72. The SMILES string of the molecule is CSc1cc2c(cc1O)CC[C@@H]1[C@@H]2CC[C@]2(C)[C@@H](O)CC[C@@H]12. The first-order valence-corrected chi connectivity index (χ1v) is 9.85. The second kappa shape index (κ2) is 5.17. The minimum absolute atomic E-state index is 0.0959. The summed E-state index contributed by atoms with van der Waals surface area (Å²) >= 11 is 1.64. The van der Waals surface area contributed by atoms with E-state index in [1.165, 1.54) is 30.4 Å². The summed E-state index contributed by atoms with van der Waals surface area (Å²) < 4.78 is 0. The highest BCUT2D eigenvalue weighted by Gasteiger charge is 2.54. The number of aliphatic hydroxyl groups is 1. The zero-order chi connectivity index (χ0) is 15.5. The maximum atomic E-state index is 10.5. The number of hydrogen-bond donors (Lipinski definition) is 2. The fraction of sp³-hybridized carbons (Fsp3) is 0.684. The second-order valence-electron chi connectivity index (χ2n) is 7.78. The van der Waals surface area contributed by atoms with Crippen molar-refractivity contribution in [2.75, 3.05) is 6.26 Å². The smallest absolute Gasteiger partial charge is 0.129 e. The van der Waals surface area contributed by atoms with Crippen molar-refractivity contribution in [3.8, 4) is 5.75 Å². The molecule has 3 aliphatic rings. The molecule has 2 fully saturated rings. The van der Waals surface area contributed by atoms with E-state index in [4.69, 9.17) is 0 Å². The van der Waals surface area contributed by atoms with Gasteiger partial charge in [-0.3, -0.25) is 0 Å². The maximum Gasteiger partial charge on any atom is 0.129 e. The summed E-state index contributed by atoms with van der Waals surface area (Å²) in [6.07, 6.45) is 8.78. The van der Waals surface area contributed by atoms with Crippen molar-refractivity contribution in [1.29, 1.82) is 0 Å². The lowest BCUT2D eigenvalue weighted by Crippen LogP contribution is -2.43. The van der Waals surface area contributed by atoms with E-state index in [1.54, 1.807) is 11.8 Å². The molecule has 0 aromatic heterocycles. The van der Waals surface area contributed by atoms with Gasteiger partial charge < -0.3 is 10.2 Å². The van der Waals surface area contributed by atoms with Crippen molar-refractivity contribution >= 4 is 11.8 Å². The first-order chi connectivity index (χ1) is 10.5. The Hall–Kier alpha value is -0.670. The van der Waals surface area contributed by atoms with E-state index < -0.39 is 0 Å². The van der Waals surface area contributed by atoms with Gasteiger partial charge in [-0.1, -0.05) is 6.92 Å². The largest absolute Gasteiger partial charge is 0.507 e. The number of aromatic hydroxyl groups is 1. The standard InChI is InChI=1S/C19H26O2S/c1-19-8-7-12-13(15(19)5-6-18(19)21)4-3-11-9-16(20)17(22-2)10-14(11)12/h9-10,12-13,15,18,20-21H,3-8H2,1-2H3/t12-,13+,15-,18-,19-/m0/s1. The van der Waals surface area contributed by atoms with Crippen LogP contribution in [0.1, 0.15) is 56.1 Å². The molecule has 0 aliphatic heterocycles. The van der Waals surface area contributed by atoms with Gasteiger partial charge in [-0.15, -0.1) is 11.8 Å². The van der Waals surface area contributed by atoms with Crippen LogP contribution in [0.2, 0.25) is 0 Å². The van der Waals surface area contributed by atoms with Crippen LogP contribution in [0.5, 0.6) is 5.75 Å². The van der Waals surface area contributed by atoms with Gasteiger partial charge in [-0.25, -0.2) is 0 Å². The minimum Gasteiger partial charge on any atom is -0.507 e. The summed E-state index contributed by atoms with van der Waals surface area (Å²) in [6, 6.07) is 4.26. The van der Waals surface area contributed by atoms with Crippen molar-refractivity contribution in [2.45, 2.75) is 62.4 Å². The normalized spacial score (nSPS) is 40.0. The van der Waals surface area contributed by atoms with Crippen LogP contribution >= 0.6 is 11.8 Å². The topological polar surface area (TPSA) is 40.5 Å². The molecule has 2 nitrogen and oxygen atoms in total. The molecule has 5 atom stereocenters. The highest BCUT2D eigenvalue weighted by Crippen LogP contribution is 2.61. The molecule has 0 amide bonds. The molecule has 0 heterocycles. The van der Waals surface area contributed by atoms with Gasteiger partial charge in [0, 0.05) is 4.90 Å². The van der Waals surface area contributed by atoms with Crippen LogP contribution in [0.15, 0.2) is 17.0 Å². The van der Waals surface area contributed by atoms with Crippen LogP contribution in [0.3, 0.4) is 0 Å². The molecule has 0 saturated heterocycles. The summed E-state index contributed by atoms with van der Waals surface area (Å²) in [4.78, 5) is 1.01. The number of rotatable bonds is 1. The molecule has 1 aromatic carbocycles. The lowest BCUT2D eigenvalue weighted by Gasteiger charge is -2.50. The summed E-state index contributed by atoms with van der Waals surface area (Å²) in [7, 11) is 0. The number of aliphatic hydroxyl groups excluding tert-OH is 1. The summed E-state index contributed by atoms with van der Waals surface area (Å²) in [5, 5.41) is 20.6. The van der Waals surface area contributed by atoms with E-state index in [0.29, 0.717) is 17.6 Å². The van der Waals surface area contributed by atoms with Gasteiger partial charge >= 0.3 is 0 Å². The highest BCUT2D eigenvalue weighted by atomic mass is 32.2. The third kappa shape index (κ3) is 1.98. The zero-order valence-corrected chi connectivity index (χ0v) is 14.3.